The number of rotatable bonds is 3. The zero-order valence-electron chi connectivity index (χ0n) is 8.38. The summed E-state index contributed by atoms with van der Waals surface area (Å²) in [6.45, 7) is 4.27. The van der Waals surface area contributed by atoms with Crippen LogP contribution >= 0.6 is 0 Å². The van der Waals surface area contributed by atoms with Crippen LogP contribution in [-0.2, 0) is 9.53 Å². The first-order chi connectivity index (χ1) is 6.24. The molecule has 0 radical (unpaired) electrons. The van der Waals surface area contributed by atoms with E-state index in [2.05, 4.69) is 13.0 Å². The second-order valence-electron chi connectivity index (χ2n) is 3.38. The minimum atomic E-state index is 0.200. The molecule has 1 amide bonds. The maximum absolute atomic E-state index is 11.5. The average molecular weight is 183 g/mol. The third-order valence-corrected chi connectivity index (χ3v) is 2.31. The minimum absolute atomic E-state index is 0.200. The highest BCUT2D eigenvalue weighted by molar-refractivity contribution is 5.76. The van der Waals surface area contributed by atoms with Gasteiger partial charge in [0.15, 0.2) is 0 Å². The van der Waals surface area contributed by atoms with E-state index in [0.717, 1.165) is 19.5 Å². The van der Waals surface area contributed by atoms with Crippen LogP contribution in [0.2, 0.25) is 0 Å². The first-order valence-corrected chi connectivity index (χ1v) is 4.66. The molecule has 1 heterocycles. The largest absolute Gasteiger partial charge is 0.384 e. The molecule has 3 heteroatoms. The summed E-state index contributed by atoms with van der Waals surface area (Å²) in [5.41, 5.74) is 1.38. The molecule has 3 nitrogen and oxygen atoms in total. The fourth-order valence-electron chi connectivity index (χ4n) is 1.34. The topological polar surface area (TPSA) is 29.5 Å². The fraction of sp³-hybridized carbons (Fsp3) is 0.700. The lowest BCUT2D eigenvalue weighted by Crippen LogP contribution is -2.35. The molecule has 0 saturated heterocycles. The molecule has 0 aromatic rings. The third-order valence-electron chi connectivity index (χ3n) is 2.31. The predicted octanol–water partition coefficient (Wildman–Crippen LogP) is 1.20. The smallest absolute Gasteiger partial charge is 0.225 e. The number of hydrogen-bond acceptors (Lipinski definition) is 2. The Kier molecular flexibility index (Phi) is 3.96. The van der Waals surface area contributed by atoms with Crippen molar-refractivity contribution in [2.45, 2.75) is 19.8 Å². The van der Waals surface area contributed by atoms with Crippen LogP contribution in [0.4, 0.5) is 0 Å². The van der Waals surface area contributed by atoms with E-state index in [9.17, 15) is 4.79 Å². The molecule has 0 spiro atoms. The molecule has 0 bridgehead atoms. The van der Waals surface area contributed by atoms with Gasteiger partial charge in [0.25, 0.3) is 0 Å². The summed E-state index contributed by atoms with van der Waals surface area (Å²) in [5.74, 6) is 0.200. The van der Waals surface area contributed by atoms with Gasteiger partial charge in [0.05, 0.1) is 13.0 Å². The molecule has 0 saturated carbocycles. The molecular weight excluding hydrogens is 166 g/mol. The molecule has 1 aliphatic rings. The summed E-state index contributed by atoms with van der Waals surface area (Å²) in [7, 11) is 1.62. The highest BCUT2D eigenvalue weighted by Gasteiger charge is 2.14. The van der Waals surface area contributed by atoms with Gasteiger partial charge in [-0.25, -0.2) is 0 Å². The number of methoxy groups -OCH3 is 1. The molecule has 13 heavy (non-hydrogen) atoms. The average Bonchev–Trinajstić information content (AvgIpc) is 2.15. The van der Waals surface area contributed by atoms with E-state index in [4.69, 9.17) is 4.74 Å². The molecule has 74 valence electrons. The van der Waals surface area contributed by atoms with Crippen molar-refractivity contribution < 1.29 is 9.53 Å². The number of hydrogen-bond donors (Lipinski definition) is 0. The SMILES string of the molecule is COCCC(=O)N1CC=C(C)CC1. The van der Waals surface area contributed by atoms with E-state index in [0.29, 0.717) is 13.0 Å². The second kappa shape index (κ2) is 5.02. The maximum Gasteiger partial charge on any atom is 0.225 e. The molecule has 0 aromatic carbocycles. The van der Waals surface area contributed by atoms with Crippen molar-refractivity contribution in [3.8, 4) is 0 Å². The molecule has 0 aromatic heterocycles. The third kappa shape index (κ3) is 3.19. The van der Waals surface area contributed by atoms with E-state index >= 15 is 0 Å². The van der Waals surface area contributed by atoms with Crippen LogP contribution in [-0.4, -0.2) is 37.6 Å². The molecule has 1 rings (SSSR count). The highest BCUT2D eigenvalue weighted by Crippen LogP contribution is 2.10. The van der Waals surface area contributed by atoms with Crippen LogP contribution in [0, 0.1) is 0 Å². The normalized spacial score (nSPS) is 17.1. The summed E-state index contributed by atoms with van der Waals surface area (Å²) in [4.78, 5) is 13.4. The number of carbonyl (C=O) groups is 1. The van der Waals surface area contributed by atoms with E-state index in [1.54, 1.807) is 7.11 Å². The maximum atomic E-state index is 11.5. The highest BCUT2D eigenvalue weighted by atomic mass is 16.5. The van der Waals surface area contributed by atoms with Crippen molar-refractivity contribution in [1.29, 1.82) is 0 Å². The van der Waals surface area contributed by atoms with Gasteiger partial charge in [-0.15, -0.1) is 0 Å². The van der Waals surface area contributed by atoms with Gasteiger partial charge < -0.3 is 9.64 Å². The predicted molar refractivity (Wildman–Crippen MR) is 51.4 cm³/mol. The first-order valence-electron chi connectivity index (χ1n) is 4.66. The van der Waals surface area contributed by atoms with Crippen LogP contribution < -0.4 is 0 Å². The van der Waals surface area contributed by atoms with Crippen LogP contribution in [0.25, 0.3) is 0 Å². The van der Waals surface area contributed by atoms with Crippen LogP contribution in [0.3, 0.4) is 0 Å². The monoisotopic (exact) mass is 183 g/mol. The minimum Gasteiger partial charge on any atom is -0.384 e. The Hall–Kier alpha value is -0.830. The lowest BCUT2D eigenvalue weighted by molar-refractivity contribution is -0.131. The second-order valence-corrected chi connectivity index (χ2v) is 3.38. The lowest BCUT2D eigenvalue weighted by atomic mass is 10.1. The molecule has 0 unspecified atom stereocenters. The van der Waals surface area contributed by atoms with Crippen molar-refractivity contribution in [2.24, 2.45) is 0 Å². The van der Waals surface area contributed by atoms with Crippen molar-refractivity contribution >= 4 is 5.91 Å². The summed E-state index contributed by atoms with van der Waals surface area (Å²) >= 11 is 0. The van der Waals surface area contributed by atoms with E-state index in [1.807, 2.05) is 4.90 Å². The molecular formula is C10H17NO2. The van der Waals surface area contributed by atoms with Gasteiger partial charge in [0, 0.05) is 20.2 Å². The molecule has 0 atom stereocenters. The van der Waals surface area contributed by atoms with Gasteiger partial charge in [-0.05, 0) is 13.3 Å². The van der Waals surface area contributed by atoms with Gasteiger partial charge in [-0.3, -0.25) is 4.79 Å². The van der Waals surface area contributed by atoms with Crippen molar-refractivity contribution in [3.63, 3.8) is 0 Å². The zero-order valence-corrected chi connectivity index (χ0v) is 8.38. The van der Waals surface area contributed by atoms with E-state index < -0.39 is 0 Å². The zero-order chi connectivity index (χ0) is 9.68. The van der Waals surface area contributed by atoms with Crippen molar-refractivity contribution in [1.82, 2.24) is 4.90 Å². The number of carbonyl (C=O) groups excluding carboxylic acids is 1. The van der Waals surface area contributed by atoms with Crippen molar-refractivity contribution in [2.75, 3.05) is 26.8 Å². The Labute approximate surface area is 79.4 Å². The Balaban J connectivity index is 2.32. The summed E-state index contributed by atoms with van der Waals surface area (Å²) in [6, 6.07) is 0. The van der Waals surface area contributed by atoms with Crippen LogP contribution in [0.15, 0.2) is 11.6 Å². The fourth-order valence-corrected chi connectivity index (χ4v) is 1.34. The first kappa shape index (κ1) is 10.3. The van der Waals surface area contributed by atoms with Gasteiger partial charge in [-0.1, -0.05) is 11.6 Å². The number of nitrogens with zero attached hydrogens (tertiary/aromatic N) is 1. The summed E-state index contributed by atoms with van der Waals surface area (Å²) in [5, 5.41) is 0. The standard InChI is InChI=1S/C10H17NO2/c1-9-3-6-11(7-4-9)10(12)5-8-13-2/h3H,4-8H2,1-2H3. The summed E-state index contributed by atoms with van der Waals surface area (Å²) < 4.78 is 4.86. The van der Waals surface area contributed by atoms with Gasteiger partial charge >= 0.3 is 0 Å². The van der Waals surface area contributed by atoms with Crippen LogP contribution in [0.5, 0.6) is 0 Å². The molecule has 0 aliphatic carbocycles. The Morgan fingerprint density at radius 2 is 2.46 bits per heavy atom. The molecule has 0 N–H and O–H groups in total. The Bertz CT molecular complexity index is 211. The van der Waals surface area contributed by atoms with Gasteiger partial charge in [-0.2, -0.15) is 0 Å². The lowest BCUT2D eigenvalue weighted by Gasteiger charge is -2.25. The molecule has 1 aliphatic heterocycles. The molecule has 0 fully saturated rings. The summed E-state index contributed by atoms with van der Waals surface area (Å²) in [6.07, 6.45) is 3.64. The Morgan fingerprint density at radius 1 is 1.69 bits per heavy atom. The van der Waals surface area contributed by atoms with Gasteiger partial charge in [0.2, 0.25) is 5.91 Å². The van der Waals surface area contributed by atoms with Crippen LogP contribution in [0.1, 0.15) is 19.8 Å². The number of ether oxygens (including phenoxy) is 1. The quantitative estimate of drug-likeness (QED) is 0.615. The number of amides is 1. The van der Waals surface area contributed by atoms with Crippen molar-refractivity contribution in [3.05, 3.63) is 11.6 Å². The van der Waals surface area contributed by atoms with E-state index in [1.165, 1.54) is 5.57 Å². The van der Waals surface area contributed by atoms with E-state index in [-0.39, 0.29) is 5.91 Å². The van der Waals surface area contributed by atoms with Gasteiger partial charge in [0.1, 0.15) is 0 Å². The Morgan fingerprint density at radius 3 is 3.00 bits per heavy atom.